The summed E-state index contributed by atoms with van der Waals surface area (Å²) in [6, 6.07) is 0. The number of aliphatic carboxylic acids is 1. The van der Waals surface area contributed by atoms with Crippen LogP contribution in [0.25, 0.3) is 0 Å². The molecule has 0 saturated heterocycles. The lowest BCUT2D eigenvalue weighted by Crippen LogP contribution is -2.54. The molecule has 0 fully saturated rings. The molecular formula is C15H28O4. The summed E-state index contributed by atoms with van der Waals surface area (Å²) < 4.78 is 5.44. The first kappa shape index (κ1) is 17.9. The van der Waals surface area contributed by atoms with E-state index in [0.29, 0.717) is 12.8 Å². The zero-order chi connectivity index (χ0) is 15.4. The summed E-state index contributed by atoms with van der Waals surface area (Å²) in [7, 11) is 0. The Hall–Kier alpha value is -1.06. The lowest BCUT2D eigenvalue weighted by atomic mass is 9.60. The first-order chi connectivity index (χ1) is 8.55. The molecule has 0 aliphatic rings. The highest BCUT2D eigenvalue weighted by Gasteiger charge is 2.59. The number of carbonyl (C=O) groups is 2. The fraction of sp³-hybridized carbons (Fsp3) is 0.867. The van der Waals surface area contributed by atoms with Gasteiger partial charge in [-0.2, -0.15) is 0 Å². The van der Waals surface area contributed by atoms with Crippen LogP contribution in [-0.4, -0.2) is 23.1 Å². The van der Waals surface area contributed by atoms with E-state index >= 15 is 0 Å². The average Bonchev–Trinajstić information content (AvgIpc) is 2.23. The maximum absolute atomic E-state index is 12.5. The van der Waals surface area contributed by atoms with Gasteiger partial charge in [-0.1, -0.05) is 48.5 Å². The molecule has 0 aromatic carbocycles. The Bertz CT molecular complexity index is 324. The Morgan fingerprint density at radius 1 is 1.11 bits per heavy atom. The van der Waals surface area contributed by atoms with Crippen LogP contribution in [0, 0.1) is 16.7 Å². The summed E-state index contributed by atoms with van der Waals surface area (Å²) in [5.41, 5.74) is -2.23. The van der Waals surface area contributed by atoms with Gasteiger partial charge in [-0.3, -0.25) is 9.59 Å². The maximum atomic E-state index is 12.5. The van der Waals surface area contributed by atoms with Crippen LogP contribution in [0.3, 0.4) is 0 Å². The van der Waals surface area contributed by atoms with Gasteiger partial charge in [-0.25, -0.2) is 0 Å². The molecule has 0 radical (unpaired) electrons. The van der Waals surface area contributed by atoms with Crippen molar-refractivity contribution >= 4 is 11.9 Å². The van der Waals surface area contributed by atoms with E-state index in [4.69, 9.17) is 4.74 Å². The van der Waals surface area contributed by atoms with Crippen LogP contribution in [0.1, 0.15) is 61.3 Å². The largest absolute Gasteiger partial charge is 0.480 e. The molecule has 0 saturated carbocycles. The van der Waals surface area contributed by atoms with Gasteiger partial charge in [0.05, 0.1) is 0 Å². The van der Waals surface area contributed by atoms with Gasteiger partial charge in [-0.05, 0) is 24.2 Å². The fourth-order valence-corrected chi connectivity index (χ4v) is 2.76. The van der Waals surface area contributed by atoms with E-state index in [9.17, 15) is 14.7 Å². The number of hydrogen-bond donors (Lipinski definition) is 1. The third-order valence-electron chi connectivity index (χ3n) is 3.89. The molecule has 19 heavy (non-hydrogen) atoms. The van der Waals surface area contributed by atoms with E-state index in [2.05, 4.69) is 0 Å². The molecule has 112 valence electrons. The minimum atomic E-state index is -1.52. The van der Waals surface area contributed by atoms with Gasteiger partial charge in [0, 0.05) is 0 Å². The lowest BCUT2D eigenvalue weighted by molar-refractivity contribution is -0.187. The Labute approximate surface area is 116 Å². The van der Waals surface area contributed by atoms with Crippen LogP contribution in [0.15, 0.2) is 0 Å². The molecule has 0 amide bonds. The summed E-state index contributed by atoms with van der Waals surface area (Å²) in [6.45, 7) is 12.7. The van der Waals surface area contributed by atoms with Gasteiger partial charge < -0.3 is 9.84 Å². The van der Waals surface area contributed by atoms with Gasteiger partial charge in [-0.15, -0.1) is 0 Å². The molecule has 0 aromatic rings. The van der Waals surface area contributed by atoms with Gasteiger partial charge >= 0.3 is 11.9 Å². The monoisotopic (exact) mass is 272 g/mol. The number of hydrogen-bond acceptors (Lipinski definition) is 3. The number of carboxylic acids is 1. The third-order valence-corrected chi connectivity index (χ3v) is 3.89. The van der Waals surface area contributed by atoms with Crippen molar-refractivity contribution in [2.45, 2.75) is 67.4 Å². The first-order valence-corrected chi connectivity index (χ1v) is 7.00. The highest BCUT2D eigenvalue weighted by molar-refractivity contribution is 6.00. The molecule has 0 heterocycles. The quantitative estimate of drug-likeness (QED) is 0.594. The molecule has 1 unspecified atom stereocenters. The van der Waals surface area contributed by atoms with Crippen molar-refractivity contribution < 1.29 is 19.4 Å². The minimum absolute atomic E-state index is 0.215. The molecule has 1 N–H and O–H groups in total. The second kappa shape index (κ2) is 6.40. The van der Waals surface area contributed by atoms with Crippen molar-refractivity contribution in [2.24, 2.45) is 16.7 Å². The molecule has 0 spiro atoms. The SMILES string of the molecule is CCC(CC)OC(=O)C(C(=O)O)(C(C)C)C(C)(C)C. The number of esters is 1. The normalized spacial score (nSPS) is 15.4. The second-order valence-corrected chi connectivity index (χ2v) is 6.36. The van der Waals surface area contributed by atoms with Crippen LogP contribution in [0.5, 0.6) is 0 Å². The number of rotatable bonds is 6. The highest BCUT2D eigenvalue weighted by Crippen LogP contribution is 2.46. The number of carboxylic acid groups (broad SMARTS) is 1. The predicted molar refractivity (Wildman–Crippen MR) is 74.8 cm³/mol. The summed E-state index contributed by atoms with van der Waals surface area (Å²) in [5, 5.41) is 9.66. The van der Waals surface area contributed by atoms with Crippen LogP contribution in [-0.2, 0) is 14.3 Å². The van der Waals surface area contributed by atoms with Crippen LogP contribution >= 0.6 is 0 Å². The van der Waals surface area contributed by atoms with Crippen molar-refractivity contribution in [1.29, 1.82) is 0 Å². The highest BCUT2D eigenvalue weighted by atomic mass is 16.5. The van der Waals surface area contributed by atoms with E-state index in [0.717, 1.165) is 0 Å². The Morgan fingerprint density at radius 3 is 1.74 bits per heavy atom. The maximum Gasteiger partial charge on any atom is 0.324 e. The molecule has 0 aliphatic heterocycles. The lowest BCUT2D eigenvalue weighted by Gasteiger charge is -2.42. The molecule has 0 aliphatic carbocycles. The molecular weight excluding hydrogens is 244 g/mol. The zero-order valence-electron chi connectivity index (χ0n) is 13.2. The van der Waals surface area contributed by atoms with Crippen molar-refractivity contribution in [3.8, 4) is 0 Å². The minimum Gasteiger partial charge on any atom is -0.480 e. The summed E-state index contributed by atoms with van der Waals surface area (Å²) in [5.74, 6) is -2.06. The van der Waals surface area contributed by atoms with E-state index in [1.54, 1.807) is 34.6 Å². The molecule has 4 heteroatoms. The van der Waals surface area contributed by atoms with Crippen LogP contribution in [0.2, 0.25) is 0 Å². The Balaban J connectivity index is 5.61. The second-order valence-electron chi connectivity index (χ2n) is 6.36. The Kier molecular flexibility index (Phi) is 6.04. The molecule has 0 aromatic heterocycles. The van der Waals surface area contributed by atoms with E-state index in [1.165, 1.54) is 0 Å². The van der Waals surface area contributed by atoms with E-state index < -0.39 is 22.8 Å². The molecule has 4 nitrogen and oxygen atoms in total. The van der Waals surface area contributed by atoms with Gasteiger partial charge in [0.25, 0.3) is 0 Å². The standard InChI is InChI=1S/C15H28O4/c1-8-11(9-2)19-13(18)15(10(3)4,12(16)17)14(5,6)7/h10-11H,8-9H2,1-7H3,(H,16,17). The first-order valence-electron chi connectivity index (χ1n) is 7.00. The number of ether oxygens (including phenoxy) is 1. The third kappa shape index (κ3) is 3.28. The smallest absolute Gasteiger partial charge is 0.324 e. The van der Waals surface area contributed by atoms with Crippen LogP contribution < -0.4 is 0 Å². The predicted octanol–water partition coefficient (Wildman–Crippen LogP) is 3.49. The van der Waals surface area contributed by atoms with Crippen molar-refractivity contribution in [2.75, 3.05) is 0 Å². The van der Waals surface area contributed by atoms with Gasteiger partial charge in [0.2, 0.25) is 0 Å². The Morgan fingerprint density at radius 2 is 1.53 bits per heavy atom. The van der Waals surface area contributed by atoms with E-state index in [1.807, 2.05) is 13.8 Å². The summed E-state index contributed by atoms with van der Waals surface area (Å²) in [6.07, 6.45) is 1.17. The molecule has 1 atom stereocenters. The van der Waals surface area contributed by atoms with Gasteiger partial charge in [0.15, 0.2) is 5.41 Å². The zero-order valence-corrected chi connectivity index (χ0v) is 13.2. The van der Waals surface area contributed by atoms with Gasteiger partial charge in [0.1, 0.15) is 6.10 Å². The van der Waals surface area contributed by atoms with Crippen LogP contribution in [0.4, 0.5) is 0 Å². The van der Waals surface area contributed by atoms with E-state index in [-0.39, 0.29) is 12.0 Å². The molecule has 0 rings (SSSR count). The molecule has 0 bridgehead atoms. The number of carbonyl (C=O) groups excluding carboxylic acids is 1. The summed E-state index contributed by atoms with van der Waals surface area (Å²) >= 11 is 0. The average molecular weight is 272 g/mol. The fourth-order valence-electron chi connectivity index (χ4n) is 2.76. The van der Waals surface area contributed by atoms with Crippen molar-refractivity contribution in [3.63, 3.8) is 0 Å². The van der Waals surface area contributed by atoms with Crippen molar-refractivity contribution in [3.05, 3.63) is 0 Å². The topological polar surface area (TPSA) is 63.6 Å². The summed E-state index contributed by atoms with van der Waals surface area (Å²) in [4.78, 5) is 24.3. The van der Waals surface area contributed by atoms with Crippen molar-refractivity contribution in [1.82, 2.24) is 0 Å².